The molecule has 1 heterocycles. The highest BCUT2D eigenvalue weighted by Gasteiger charge is 2.30. The van der Waals surface area contributed by atoms with Gasteiger partial charge in [-0.3, -0.25) is 4.79 Å². The highest BCUT2D eigenvalue weighted by atomic mass is 16.5. The summed E-state index contributed by atoms with van der Waals surface area (Å²) in [6, 6.07) is 16.5. The van der Waals surface area contributed by atoms with E-state index in [0.717, 1.165) is 54.9 Å². The summed E-state index contributed by atoms with van der Waals surface area (Å²) in [5.41, 5.74) is 4.14. The molecular weight excluding hydrogens is 348 g/mol. The first-order valence-electron chi connectivity index (χ1n) is 10.4. The van der Waals surface area contributed by atoms with Crippen LogP contribution in [0.5, 0.6) is 0 Å². The molecule has 0 aromatic heterocycles. The Labute approximate surface area is 168 Å². The molecule has 2 aromatic carbocycles. The Bertz CT molecular complexity index is 823. The van der Waals surface area contributed by atoms with Crippen molar-refractivity contribution in [3.63, 3.8) is 0 Å². The van der Waals surface area contributed by atoms with E-state index in [-0.39, 0.29) is 12.0 Å². The van der Waals surface area contributed by atoms with Crippen LogP contribution in [-0.2, 0) is 4.74 Å². The third kappa shape index (κ3) is 4.56. The predicted octanol–water partition coefficient (Wildman–Crippen LogP) is 4.45. The van der Waals surface area contributed by atoms with Crippen LogP contribution in [0.2, 0.25) is 0 Å². The van der Waals surface area contributed by atoms with Crippen molar-refractivity contribution in [1.29, 1.82) is 0 Å². The highest BCUT2D eigenvalue weighted by Crippen LogP contribution is 2.31. The third-order valence-corrected chi connectivity index (χ3v) is 5.72. The van der Waals surface area contributed by atoms with Crippen LogP contribution < -0.4 is 4.90 Å². The molecule has 1 amide bonds. The van der Waals surface area contributed by atoms with Gasteiger partial charge in [-0.05, 0) is 67.0 Å². The predicted molar refractivity (Wildman–Crippen MR) is 114 cm³/mol. The van der Waals surface area contributed by atoms with Gasteiger partial charge in [-0.15, -0.1) is 0 Å². The number of hydrogen-bond acceptors (Lipinski definition) is 3. The number of hydrogen-bond donors (Lipinski definition) is 0. The van der Waals surface area contributed by atoms with E-state index in [0.29, 0.717) is 5.92 Å². The summed E-state index contributed by atoms with van der Waals surface area (Å²) in [5, 5.41) is 0. The summed E-state index contributed by atoms with van der Waals surface area (Å²) < 4.78 is 5.80. The minimum Gasteiger partial charge on any atom is -0.378 e. The van der Waals surface area contributed by atoms with Gasteiger partial charge < -0.3 is 14.5 Å². The number of rotatable bonds is 7. The fourth-order valence-electron chi connectivity index (χ4n) is 3.86. The fourth-order valence-corrected chi connectivity index (χ4v) is 3.86. The molecule has 28 heavy (non-hydrogen) atoms. The maximum atomic E-state index is 13.3. The van der Waals surface area contributed by atoms with Crippen LogP contribution in [0, 0.1) is 5.92 Å². The van der Waals surface area contributed by atoms with E-state index < -0.39 is 0 Å². The van der Waals surface area contributed by atoms with Crippen LogP contribution in [0.15, 0.2) is 48.5 Å². The highest BCUT2D eigenvalue weighted by molar-refractivity contribution is 5.95. The van der Waals surface area contributed by atoms with Gasteiger partial charge in [0.25, 0.3) is 5.91 Å². The number of anilines is 1. The molecule has 4 nitrogen and oxygen atoms in total. The maximum absolute atomic E-state index is 13.3. The standard InChI is InChI=1S/C24H30N2O2/c1-25(2)22-9-4-7-20(15-22)19-6-3-8-21(14-19)24(27)26(16-18-11-12-18)17-23-10-5-13-28-23/h3-4,6-9,14-15,18,23H,5,10-13,16-17H2,1-2H3. The second kappa shape index (κ2) is 8.36. The first-order valence-corrected chi connectivity index (χ1v) is 10.4. The van der Waals surface area contributed by atoms with E-state index in [1.807, 2.05) is 37.2 Å². The minimum atomic E-state index is 0.132. The first kappa shape index (κ1) is 19.0. The lowest BCUT2D eigenvalue weighted by atomic mass is 10.0. The second-order valence-electron chi connectivity index (χ2n) is 8.31. The molecule has 0 radical (unpaired) electrons. The largest absolute Gasteiger partial charge is 0.378 e. The zero-order valence-electron chi connectivity index (χ0n) is 16.9. The molecule has 2 aromatic rings. The van der Waals surface area contributed by atoms with Crippen molar-refractivity contribution in [1.82, 2.24) is 4.90 Å². The molecule has 4 rings (SSSR count). The smallest absolute Gasteiger partial charge is 0.253 e. The monoisotopic (exact) mass is 378 g/mol. The SMILES string of the molecule is CN(C)c1cccc(-c2cccc(C(=O)N(CC3CC3)CC3CCCO3)c2)c1. The summed E-state index contributed by atoms with van der Waals surface area (Å²) >= 11 is 0. The molecule has 1 saturated heterocycles. The Kier molecular flexibility index (Phi) is 5.67. The van der Waals surface area contributed by atoms with Gasteiger partial charge in [-0.25, -0.2) is 0 Å². The average molecular weight is 379 g/mol. The van der Waals surface area contributed by atoms with Crippen molar-refractivity contribution in [2.24, 2.45) is 5.92 Å². The molecular formula is C24H30N2O2. The zero-order chi connectivity index (χ0) is 19.5. The molecule has 1 atom stereocenters. The van der Waals surface area contributed by atoms with Gasteiger partial charge in [-0.1, -0.05) is 24.3 Å². The van der Waals surface area contributed by atoms with Crippen molar-refractivity contribution in [2.45, 2.75) is 31.8 Å². The van der Waals surface area contributed by atoms with Crippen molar-refractivity contribution >= 4 is 11.6 Å². The van der Waals surface area contributed by atoms with Gasteiger partial charge in [0.05, 0.1) is 6.10 Å². The number of carbonyl (C=O) groups excluding carboxylic acids is 1. The van der Waals surface area contributed by atoms with Gasteiger partial charge in [0, 0.05) is 45.0 Å². The number of amides is 1. The van der Waals surface area contributed by atoms with Crippen molar-refractivity contribution in [3.05, 3.63) is 54.1 Å². The van der Waals surface area contributed by atoms with Crippen LogP contribution >= 0.6 is 0 Å². The van der Waals surface area contributed by atoms with E-state index in [1.165, 1.54) is 12.8 Å². The van der Waals surface area contributed by atoms with Crippen LogP contribution in [0.4, 0.5) is 5.69 Å². The molecule has 0 N–H and O–H groups in total. The van der Waals surface area contributed by atoms with Crippen LogP contribution in [0.25, 0.3) is 11.1 Å². The average Bonchev–Trinajstić information content (AvgIpc) is 3.39. The Balaban J connectivity index is 1.56. The number of carbonyl (C=O) groups is 1. The van der Waals surface area contributed by atoms with Crippen molar-refractivity contribution < 1.29 is 9.53 Å². The van der Waals surface area contributed by atoms with Gasteiger partial charge in [0.2, 0.25) is 0 Å². The molecule has 2 fully saturated rings. The lowest BCUT2D eigenvalue weighted by Gasteiger charge is -2.26. The van der Waals surface area contributed by atoms with E-state index >= 15 is 0 Å². The maximum Gasteiger partial charge on any atom is 0.253 e. The zero-order valence-corrected chi connectivity index (χ0v) is 16.9. The number of ether oxygens (including phenoxy) is 1. The Morgan fingerprint density at radius 2 is 1.75 bits per heavy atom. The van der Waals surface area contributed by atoms with Crippen LogP contribution in [-0.4, -0.2) is 50.7 Å². The normalized spacial score (nSPS) is 18.9. The third-order valence-electron chi connectivity index (χ3n) is 5.72. The van der Waals surface area contributed by atoms with E-state index in [4.69, 9.17) is 4.74 Å². The van der Waals surface area contributed by atoms with Crippen LogP contribution in [0.1, 0.15) is 36.0 Å². The summed E-state index contributed by atoms with van der Waals surface area (Å²) in [7, 11) is 4.08. The fraction of sp³-hybridized carbons (Fsp3) is 0.458. The molecule has 4 heteroatoms. The molecule has 1 unspecified atom stereocenters. The summed E-state index contributed by atoms with van der Waals surface area (Å²) in [6.45, 7) is 2.41. The molecule has 1 aliphatic heterocycles. The summed E-state index contributed by atoms with van der Waals surface area (Å²) in [6.07, 6.45) is 4.85. The Hall–Kier alpha value is -2.33. The quantitative estimate of drug-likeness (QED) is 0.713. The topological polar surface area (TPSA) is 32.8 Å². The number of nitrogens with zero attached hydrogens (tertiary/aromatic N) is 2. The van der Waals surface area contributed by atoms with E-state index in [9.17, 15) is 4.79 Å². The molecule has 1 aliphatic carbocycles. The van der Waals surface area contributed by atoms with Crippen molar-refractivity contribution in [3.8, 4) is 11.1 Å². The Morgan fingerprint density at radius 3 is 2.43 bits per heavy atom. The summed E-state index contributed by atoms with van der Waals surface area (Å²) in [5.74, 6) is 0.804. The molecule has 0 bridgehead atoms. The second-order valence-corrected chi connectivity index (χ2v) is 8.31. The van der Waals surface area contributed by atoms with Gasteiger partial charge in [0.15, 0.2) is 0 Å². The summed E-state index contributed by atoms with van der Waals surface area (Å²) in [4.78, 5) is 17.4. The lowest BCUT2D eigenvalue weighted by molar-refractivity contribution is 0.0515. The van der Waals surface area contributed by atoms with Gasteiger partial charge >= 0.3 is 0 Å². The van der Waals surface area contributed by atoms with E-state index in [2.05, 4.69) is 35.2 Å². The molecule has 0 spiro atoms. The van der Waals surface area contributed by atoms with Gasteiger partial charge in [-0.2, -0.15) is 0 Å². The molecule has 2 aliphatic rings. The first-order chi connectivity index (χ1) is 13.6. The van der Waals surface area contributed by atoms with Gasteiger partial charge in [0.1, 0.15) is 0 Å². The Morgan fingerprint density at radius 1 is 1.00 bits per heavy atom. The minimum absolute atomic E-state index is 0.132. The van der Waals surface area contributed by atoms with Crippen LogP contribution in [0.3, 0.4) is 0 Å². The number of benzene rings is 2. The molecule has 1 saturated carbocycles. The van der Waals surface area contributed by atoms with Crippen molar-refractivity contribution in [2.75, 3.05) is 38.7 Å². The molecule has 148 valence electrons. The van der Waals surface area contributed by atoms with E-state index in [1.54, 1.807) is 0 Å². The lowest BCUT2D eigenvalue weighted by Crippen LogP contribution is -2.38.